The molecule has 0 aliphatic heterocycles. The average molecular weight is 303 g/mol. The molecule has 0 amide bonds. The summed E-state index contributed by atoms with van der Waals surface area (Å²) < 4.78 is 1.27. The van der Waals surface area contributed by atoms with Gasteiger partial charge in [-0.05, 0) is 53.1 Å². The lowest BCUT2D eigenvalue weighted by atomic mass is 9.89. The highest BCUT2D eigenvalue weighted by molar-refractivity contribution is 14.1. The van der Waals surface area contributed by atoms with Crippen molar-refractivity contribution in [1.82, 2.24) is 5.32 Å². The van der Waals surface area contributed by atoms with E-state index in [1.165, 1.54) is 9.13 Å². The first-order chi connectivity index (χ1) is 6.74. The monoisotopic (exact) mass is 303 g/mol. The SMILES string of the molecule is OC1CC(NCc2ccc(I)cc2)C1. The van der Waals surface area contributed by atoms with Crippen molar-refractivity contribution >= 4 is 22.6 Å². The molecule has 0 aromatic heterocycles. The molecular formula is C11H14INO. The number of halogens is 1. The van der Waals surface area contributed by atoms with Crippen molar-refractivity contribution in [2.24, 2.45) is 0 Å². The second kappa shape index (κ2) is 4.59. The molecule has 0 radical (unpaired) electrons. The van der Waals surface area contributed by atoms with Crippen LogP contribution >= 0.6 is 22.6 Å². The maximum absolute atomic E-state index is 9.11. The smallest absolute Gasteiger partial charge is 0.0570 e. The van der Waals surface area contributed by atoms with Crippen molar-refractivity contribution in [3.8, 4) is 0 Å². The van der Waals surface area contributed by atoms with E-state index in [4.69, 9.17) is 5.11 Å². The van der Waals surface area contributed by atoms with E-state index < -0.39 is 0 Å². The molecule has 2 nitrogen and oxygen atoms in total. The van der Waals surface area contributed by atoms with Crippen LogP contribution in [-0.4, -0.2) is 17.3 Å². The van der Waals surface area contributed by atoms with Gasteiger partial charge in [-0.25, -0.2) is 0 Å². The Morgan fingerprint density at radius 2 is 1.93 bits per heavy atom. The van der Waals surface area contributed by atoms with Crippen molar-refractivity contribution in [3.05, 3.63) is 33.4 Å². The third kappa shape index (κ3) is 2.68. The van der Waals surface area contributed by atoms with Gasteiger partial charge in [0.25, 0.3) is 0 Å². The fourth-order valence-corrected chi connectivity index (χ4v) is 1.98. The van der Waals surface area contributed by atoms with Crippen LogP contribution in [0.2, 0.25) is 0 Å². The molecule has 0 atom stereocenters. The van der Waals surface area contributed by atoms with Gasteiger partial charge in [0, 0.05) is 16.2 Å². The third-order valence-corrected chi connectivity index (χ3v) is 3.34. The van der Waals surface area contributed by atoms with Crippen molar-refractivity contribution in [1.29, 1.82) is 0 Å². The topological polar surface area (TPSA) is 32.3 Å². The Hall–Kier alpha value is -0.130. The maximum Gasteiger partial charge on any atom is 0.0570 e. The molecule has 76 valence electrons. The van der Waals surface area contributed by atoms with E-state index in [1.807, 2.05) is 0 Å². The van der Waals surface area contributed by atoms with Crippen molar-refractivity contribution < 1.29 is 5.11 Å². The number of rotatable bonds is 3. The van der Waals surface area contributed by atoms with Crippen LogP contribution < -0.4 is 5.32 Å². The van der Waals surface area contributed by atoms with E-state index in [0.29, 0.717) is 6.04 Å². The minimum absolute atomic E-state index is 0.0655. The molecule has 1 aromatic carbocycles. The normalized spacial score (nSPS) is 25.9. The Balaban J connectivity index is 1.78. The summed E-state index contributed by atoms with van der Waals surface area (Å²) in [6.45, 7) is 0.911. The molecule has 1 aromatic rings. The zero-order valence-electron chi connectivity index (χ0n) is 7.91. The van der Waals surface area contributed by atoms with Gasteiger partial charge >= 0.3 is 0 Å². The minimum Gasteiger partial charge on any atom is -0.393 e. The Bertz CT molecular complexity index is 293. The Morgan fingerprint density at radius 1 is 1.29 bits per heavy atom. The van der Waals surface area contributed by atoms with Crippen molar-refractivity contribution in [2.75, 3.05) is 0 Å². The molecule has 2 N–H and O–H groups in total. The summed E-state index contributed by atoms with van der Waals surface area (Å²) in [5.41, 5.74) is 1.31. The van der Waals surface area contributed by atoms with Crippen molar-refractivity contribution in [2.45, 2.75) is 31.5 Å². The molecule has 1 aliphatic rings. The largest absolute Gasteiger partial charge is 0.393 e. The molecule has 0 heterocycles. The summed E-state index contributed by atoms with van der Waals surface area (Å²) in [4.78, 5) is 0. The first-order valence-electron chi connectivity index (χ1n) is 4.90. The lowest BCUT2D eigenvalue weighted by Gasteiger charge is -2.32. The Morgan fingerprint density at radius 3 is 2.50 bits per heavy atom. The lowest BCUT2D eigenvalue weighted by Crippen LogP contribution is -2.43. The maximum atomic E-state index is 9.11. The second-order valence-corrected chi connectivity index (χ2v) is 5.08. The van der Waals surface area contributed by atoms with Crippen LogP contribution in [0.4, 0.5) is 0 Å². The molecule has 1 aliphatic carbocycles. The molecule has 1 fully saturated rings. The van der Waals surface area contributed by atoms with Crippen LogP contribution in [0.5, 0.6) is 0 Å². The Labute approximate surface area is 97.9 Å². The van der Waals surface area contributed by atoms with Gasteiger partial charge in [0.15, 0.2) is 0 Å². The average Bonchev–Trinajstić information content (AvgIpc) is 2.13. The van der Waals surface area contributed by atoms with Crippen molar-refractivity contribution in [3.63, 3.8) is 0 Å². The number of aliphatic hydroxyl groups is 1. The van der Waals surface area contributed by atoms with E-state index in [9.17, 15) is 0 Å². The van der Waals surface area contributed by atoms with Gasteiger partial charge in [-0.1, -0.05) is 12.1 Å². The fourth-order valence-electron chi connectivity index (χ4n) is 1.62. The molecule has 14 heavy (non-hydrogen) atoms. The summed E-state index contributed by atoms with van der Waals surface area (Å²) in [5.74, 6) is 0. The number of hydrogen-bond donors (Lipinski definition) is 2. The number of aliphatic hydroxyl groups excluding tert-OH is 1. The van der Waals surface area contributed by atoms with E-state index in [0.717, 1.165) is 19.4 Å². The number of nitrogens with one attached hydrogen (secondary N) is 1. The van der Waals surface area contributed by atoms with Gasteiger partial charge in [-0.15, -0.1) is 0 Å². The molecule has 2 rings (SSSR count). The molecule has 0 spiro atoms. The van der Waals surface area contributed by atoms with E-state index in [2.05, 4.69) is 52.2 Å². The molecular weight excluding hydrogens is 289 g/mol. The van der Waals surface area contributed by atoms with Crippen LogP contribution in [-0.2, 0) is 6.54 Å². The van der Waals surface area contributed by atoms with Crippen LogP contribution in [0.15, 0.2) is 24.3 Å². The van der Waals surface area contributed by atoms with E-state index in [1.54, 1.807) is 0 Å². The van der Waals surface area contributed by atoms with E-state index >= 15 is 0 Å². The Kier molecular flexibility index (Phi) is 3.41. The number of hydrogen-bond acceptors (Lipinski definition) is 2. The minimum atomic E-state index is -0.0655. The molecule has 1 saturated carbocycles. The van der Waals surface area contributed by atoms with Gasteiger partial charge in [0.1, 0.15) is 0 Å². The predicted octanol–water partition coefficient (Wildman–Crippen LogP) is 1.90. The quantitative estimate of drug-likeness (QED) is 0.836. The van der Waals surface area contributed by atoms with Gasteiger partial charge in [0.2, 0.25) is 0 Å². The first-order valence-corrected chi connectivity index (χ1v) is 5.98. The van der Waals surface area contributed by atoms with Crippen LogP contribution in [0.1, 0.15) is 18.4 Å². The molecule has 0 bridgehead atoms. The standard InChI is InChI=1S/C11H14INO/c12-9-3-1-8(2-4-9)7-13-10-5-11(14)6-10/h1-4,10-11,13-14H,5-7H2. The zero-order chi connectivity index (χ0) is 9.97. The highest BCUT2D eigenvalue weighted by Crippen LogP contribution is 2.19. The molecule has 3 heteroatoms. The summed E-state index contributed by atoms with van der Waals surface area (Å²) in [6.07, 6.45) is 1.75. The summed E-state index contributed by atoms with van der Waals surface area (Å²) in [5, 5.41) is 12.5. The summed E-state index contributed by atoms with van der Waals surface area (Å²) in [6, 6.07) is 9.04. The van der Waals surface area contributed by atoms with Crippen LogP contribution in [0.25, 0.3) is 0 Å². The van der Waals surface area contributed by atoms with Crippen LogP contribution in [0.3, 0.4) is 0 Å². The fraction of sp³-hybridized carbons (Fsp3) is 0.455. The van der Waals surface area contributed by atoms with Gasteiger partial charge in [-0.3, -0.25) is 0 Å². The molecule has 0 saturated heterocycles. The third-order valence-electron chi connectivity index (χ3n) is 2.62. The highest BCUT2D eigenvalue weighted by Gasteiger charge is 2.26. The van der Waals surface area contributed by atoms with E-state index in [-0.39, 0.29) is 6.10 Å². The molecule has 0 unspecified atom stereocenters. The first kappa shape index (κ1) is 10.4. The number of benzene rings is 1. The zero-order valence-corrected chi connectivity index (χ0v) is 10.1. The van der Waals surface area contributed by atoms with Crippen LogP contribution in [0, 0.1) is 3.57 Å². The predicted molar refractivity (Wildman–Crippen MR) is 65.0 cm³/mol. The highest BCUT2D eigenvalue weighted by atomic mass is 127. The second-order valence-electron chi connectivity index (χ2n) is 3.83. The van der Waals surface area contributed by atoms with Gasteiger partial charge in [0.05, 0.1) is 6.10 Å². The lowest BCUT2D eigenvalue weighted by molar-refractivity contribution is 0.0619. The van der Waals surface area contributed by atoms with Gasteiger partial charge in [-0.2, -0.15) is 0 Å². The summed E-state index contributed by atoms with van der Waals surface area (Å²) >= 11 is 2.31. The summed E-state index contributed by atoms with van der Waals surface area (Å²) in [7, 11) is 0. The van der Waals surface area contributed by atoms with Gasteiger partial charge < -0.3 is 10.4 Å².